The molecular weight excluding hydrogens is 348 g/mol. The SMILES string of the molecule is COC(=O)Cn1c(=NC(=O)c2ccccc2C)sc2cc(C)c(C)cc21. The quantitative estimate of drug-likeness (QED) is 0.664. The highest BCUT2D eigenvalue weighted by Gasteiger charge is 2.14. The van der Waals surface area contributed by atoms with E-state index in [9.17, 15) is 9.59 Å². The summed E-state index contributed by atoms with van der Waals surface area (Å²) in [6, 6.07) is 11.4. The molecule has 6 heteroatoms. The second-order valence-electron chi connectivity index (χ2n) is 6.18. The van der Waals surface area contributed by atoms with Crippen LogP contribution in [0.25, 0.3) is 10.2 Å². The largest absolute Gasteiger partial charge is 0.468 e. The molecule has 0 bridgehead atoms. The van der Waals surface area contributed by atoms with Crippen LogP contribution in [0.4, 0.5) is 0 Å². The molecule has 0 N–H and O–H groups in total. The average Bonchev–Trinajstić information content (AvgIpc) is 2.92. The Morgan fingerprint density at radius 2 is 1.77 bits per heavy atom. The van der Waals surface area contributed by atoms with Gasteiger partial charge in [-0.15, -0.1) is 0 Å². The van der Waals surface area contributed by atoms with Crippen molar-refractivity contribution in [3.63, 3.8) is 0 Å². The first-order valence-corrected chi connectivity index (χ1v) is 9.04. The maximum absolute atomic E-state index is 12.7. The van der Waals surface area contributed by atoms with Gasteiger partial charge in [0.15, 0.2) is 4.80 Å². The molecule has 26 heavy (non-hydrogen) atoms. The fourth-order valence-electron chi connectivity index (χ4n) is 2.71. The minimum atomic E-state index is -0.382. The topological polar surface area (TPSA) is 60.7 Å². The number of nitrogens with zero attached hydrogens (tertiary/aromatic N) is 2. The van der Waals surface area contributed by atoms with Crippen molar-refractivity contribution in [2.45, 2.75) is 27.3 Å². The summed E-state index contributed by atoms with van der Waals surface area (Å²) >= 11 is 1.40. The van der Waals surface area contributed by atoms with Gasteiger partial charge in [-0.3, -0.25) is 9.59 Å². The lowest BCUT2D eigenvalue weighted by molar-refractivity contribution is -0.141. The van der Waals surface area contributed by atoms with Gasteiger partial charge < -0.3 is 9.30 Å². The number of rotatable bonds is 3. The van der Waals surface area contributed by atoms with Gasteiger partial charge in [0.1, 0.15) is 6.54 Å². The zero-order chi connectivity index (χ0) is 18.8. The third kappa shape index (κ3) is 3.46. The number of carbonyl (C=O) groups is 2. The average molecular weight is 368 g/mol. The van der Waals surface area contributed by atoms with Crippen molar-refractivity contribution in [3.8, 4) is 0 Å². The van der Waals surface area contributed by atoms with E-state index in [1.54, 1.807) is 10.6 Å². The Morgan fingerprint density at radius 3 is 2.46 bits per heavy atom. The number of carbonyl (C=O) groups excluding carboxylic acids is 2. The van der Waals surface area contributed by atoms with E-state index in [1.165, 1.54) is 18.4 Å². The lowest BCUT2D eigenvalue weighted by Gasteiger charge is -2.06. The van der Waals surface area contributed by atoms with E-state index in [1.807, 2.05) is 45.0 Å². The first-order chi connectivity index (χ1) is 12.4. The van der Waals surface area contributed by atoms with Crippen LogP contribution in [0, 0.1) is 20.8 Å². The summed E-state index contributed by atoms with van der Waals surface area (Å²) in [5.41, 5.74) is 4.57. The van der Waals surface area contributed by atoms with Crippen LogP contribution in [0.5, 0.6) is 0 Å². The number of fused-ring (bicyclic) bond motifs is 1. The Bertz CT molecular complexity index is 1080. The molecule has 1 amide bonds. The summed E-state index contributed by atoms with van der Waals surface area (Å²) in [6.45, 7) is 5.94. The van der Waals surface area contributed by atoms with Gasteiger partial charge in [0, 0.05) is 5.56 Å². The van der Waals surface area contributed by atoms with Gasteiger partial charge in [0.25, 0.3) is 5.91 Å². The Hall–Kier alpha value is -2.73. The van der Waals surface area contributed by atoms with Crippen LogP contribution in [0.3, 0.4) is 0 Å². The number of esters is 1. The van der Waals surface area contributed by atoms with Gasteiger partial charge in [-0.2, -0.15) is 4.99 Å². The number of ether oxygens (including phenoxy) is 1. The minimum absolute atomic E-state index is 0.0128. The zero-order valence-electron chi connectivity index (χ0n) is 15.2. The molecule has 2 aromatic carbocycles. The molecule has 5 nitrogen and oxygen atoms in total. The molecule has 0 saturated carbocycles. The molecular formula is C20H20N2O3S. The van der Waals surface area contributed by atoms with Crippen LogP contribution < -0.4 is 4.80 Å². The third-order valence-electron chi connectivity index (χ3n) is 4.39. The van der Waals surface area contributed by atoms with Gasteiger partial charge in [0.05, 0.1) is 17.3 Å². The summed E-state index contributed by atoms with van der Waals surface area (Å²) < 4.78 is 7.53. The maximum Gasteiger partial charge on any atom is 0.325 e. The monoisotopic (exact) mass is 368 g/mol. The summed E-state index contributed by atoms with van der Waals surface area (Å²) in [4.78, 5) is 29.3. The van der Waals surface area contributed by atoms with Crippen molar-refractivity contribution in [2.75, 3.05) is 7.11 Å². The Balaban J connectivity index is 2.20. The maximum atomic E-state index is 12.7. The van der Waals surface area contributed by atoms with Gasteiger partial charge in [-0.05, 0) is 55.7 Å². The number of amides is 1. The molecule has 0 unspecified atom stereocenters. The molecule has 1 heterocycles. The van der Waals surface area contributed by atoms with Crippen molar-refractivity contribution in [3.05, 3.63) is 63.5 Å². The smallest absolute Gasteiger partial charge is 0.325 e. The zero-order valence-corrected chi connectivity index (χ0v) is 16.0. The molecule has 1 aromatic heterocycles. The van der Waals surface area contributed by atoms with E-state index in [0.717, 1.165) is 26.9 Å². The van der Waals surface area contributed by atoms with Crippen LogP contribution in [0.1, 0.15) is 27.0 Å². The molecule has 0 atom stereocenters. The number of methoxy groups -OCH3 is 1. The molecule has 0 spiro atoms. The van der Waals surface area contributed by atoms with Crippen LogP contribution in [-0.4, -0.2) is 23.6 Å². The van der Waals surface area contributed by atoms with E-state index >= 15 is 0 Å². The summed E-state index contributed by atoms with van der Waals surface area (Å²) in [5, 5.41) is 0. The molecule has 0 saturated heterocycles. The highest BCUT2D eigenvalue weighted by atomic mass is 32.1. The van der Waals surface area contributed by atoms with Gasteiger partial charge in [-0.1, -0.05) is 29.5 Å². The molecule has 0 aliphatic heterocycles. The Labute approximate surface area is 155 Å². The molecule has 3 aromatic rings. The molecule has 0 aliphatic carbocycles. The van der Waals surface area contributed by atoms with Crippen LogP contribution in [-0.2, 0) is 16.1 Å². The molecule has 0 radical (unpaired) electrons. The van der Waals surface area contributed by atoms with Gasteiger partial charge >= 0.3 is 5.97 Å². The van der Waals surface area contributed by atoms with Crippen LogP contribution in [0.2, 0.25) is 0 Å². The standard InChI is InChI=1S/C20H20N2O3S/c1-12-7-5-6-8-15(12)19(24)21-20-22(11-18(23)25-4)16-9-13(2)14(3)10-17(16)26-20/h5-10H,11H2,1-4H3. The first kappa shape index (κ1) is 18.1. The lowest BCUT2D eigenvalue weighted by Crippen LogP contribution is -2.22. The van der Waals surface area contributed by atoms with E-state index < -0.39 is 0 Å². The predicted octanol–water partition coefficient (Wildman–Crippen LogP) is 3.54. The van der Waals surface area contributed by atoms with E-state index in [-0.39, 0.29) is 18.4 Å². The fourth-order valence-corrected chi connectivity index (χ4v) is 3.82. The van der Waals surface area contributed by atoms with Crippen molar-refractivity contribution in [2.24, 2.45) is 4.99 Å². The van der Waals surface area contributed by atoms with E-state index in [2.05, 4.69) is 11.1 Å². The first-order valence-electron chi connectivity index (χ1n) is 8.23. The highest BCUT2D eigenvalue weighted by Crippen LogP contribution is 2.22. The van der Waals surface area contributed by atoms with E-state index in [4.69, 9.17) is 4.74 Å². The number of aryl methyl sites for hydroxylation is 3. The minimum Gasteiger partial charge on any atom is -0.468 e. The van der Waals surface area contributed by atoms with Gasteiger partial charge in [-0.25, -0.2) is 0 Å². The third-order valence-corrected chi connectivity index (χ3v) is 5.43. The van der Waals surface area contributed by atoms with Crippen LogP contribution >= 0.6 is 11.3 Å². The van der Waals surface area contributed by atoms with Crippen LogP contribution in [0.15, 0.2) is 41.4 Å². The molecule has 0 fully saturated rings. The highest BCUT2D eigenvalue weighted by molar-refractivity contribution is 7.16. The Kier molecular flexibility index (Phi) is 5.04. The second kappa shape index (κ2) is 7.25. The molecule has 3 rings (SSSR count). The van der Waals surface area contributed by atoms with Crippen molar-refractivity contribution in [1.29, 1.82) is 0 Å². The van der Waals surface area contributed by atoms with E-state index in [0.29, 0.717) is 10.4 Å². The number of hydrogen-bond donors (Lipinski definition) is 0. The number of benzene rings is 2. The van der Waals surface area contributed by atoms with Gasteiger partial charge in [0.2, 0.25) is 0 Å². The summed E-state index contributed by atoms with van der Waals surface area (Å²) in [5.74, 6) is -0.700. The number of hydrogen-bond acceptors (Lipinski definition) is 4. The van der Waals surface area contributed by atoms with Crippen molar-refractivity contribution in [1.82, 2.24) is 4.57 Å². The Morgan fingerprint density at radius 1 is 1.08 bits per heavy atom. The van der Waals surface area contributed by atoms with Crippen molar-refractivity contribution >= 4 is 33.4 Å². The summed E-state index contributed by atoms with van der Waals surface area (Å²) in [7, 11) is 1.35. The molecule has 0 aliphatic rings. The lowest BCUT2D eigenvalue weighted by atomic mass is 10.1. The molecule has 134 valence electrons. The number of thiazole rings is 1. The second-order valence-corrected chi connectivity index (χ2v) is 7.19. The normalized spacial score (nSPS) is 11.8. The van der Waals surface area contributed by atoms with Crippen molar-refractivity contribution < 1.29 is 14.3 Å². The predicted molar refractivity (Wildman–Crippen MR) is 102 cm³/mol. The fraction of sp³-hybridized carbons (Fsp3) is 0.250. The summed E-state index contributed by atoms with van der Waals surface area (Å²) in [6.07, 6.45) is 0. The number of aromatic nitrogens is 1.